The summed E-state index contributed by atoms with van der Waals surface area (Å²) in [7, 11) is 0. The van der Waals surface area contributed by atoms with Crippen LogP contribution in [0, 0.1) is 0 Å². The fraction of sp³-hybridized carbons (Fsp3) is 0.421. The molecule has 1 aromatic heterocycles. The van der Waals surface area contributed by atoms with Crippen molar-refractivity contribution in [3.05, 3.63) is 48.3 Å². The maximum atomic E-state index is 12.5. The van der Waals surface area contributed by atoms with Gasteiger partial charge >= 0.3 is 6.61 Å². The van der Waals surface area contributed by atoms with Gasteiger partial charge in [-0.3, -0.25) is 0 Å². The molecule has 0 aliphatic heterocycles. The van der Waals surface area contributed by atoms with Crippen LogP contribution in [0.2, 0.25) is 0 Å². The summed E-state index contributed by atoms with van der Waals surface area (Å²) in [6.07, 6.45) is 4.01. The van der Waals surface area contributed by atoms with Crippen molar-refractivity contribution in [1.29, 1.82) is 0 Å². The van der Waals surface area contributed by atoms with E-state index in [0.717, 1.165) is 25.2 Å². The van der Waals surface area contributed by atoms with E-state index >= 15 is 0 Å². The molecule has 1 aromatic carbocycles. The minimum Gasteiger partial charge on any atom is -0.490 e. The van der Waals surface area contributed by atoms with Gasteiger partial charge in [-0.2, -0.15) is 8.78 Å². The van der Waals surface area contributed by atoms with Crippen LogP contribution in [-0.4, -0.2) is 36.8 Å². The molecule has 2 aromatic rings. The van der Waals surface area contributed by atoms with Gasteiger partial charge in [0.25, 0.3) is 0 Å². The standard InChI is InChI=1S/C19H26F2N4O2/c1-3-22-19(23-9-12-25-10-5-6-11-25)24-14-15-7-8-16(27-18(20)21)17(13-15)26-4-2/h5-8,10-11,13,18H,3-4,9,12,14H2,1-2H3,(H2,22,23,24). The Labute approximate surface area is 158 Å². The number of nitrogens with zero attached hydrogens (tertiary/aromatic N) is 2. The number of aromatic nitrogens is 1. The van der Waals surface area contributed by atoms with Crippen LogP contribution in [0.1, 0.15) is 19.4 Å². The van der Waals surface area contributed by atoms with Crippen molar-refractivity contribution in [2.45, 2.75) is 33.5 Å². The SMILES string of the molecule is CCNC(=NCc1ccc(OC(F)F)c(OCC)c1)NCCn1cccc1. The maximum absolute atomic E-state index is 12.5. The molecule has 0 aliphatic carbocycles. The van der Waals surface area contributed by atoms with Crippen LogP contribution in [0.25, 0.3) is 0 Å². The quantitative estimate of drug-likeness (QED) is 0.491. The Morgan fingerprint density at radius 3 is 2.59 bits per heavy atom. The molecular weight excluding hydrogens is 354 g/mol. The lowest BCUT2D eigenvalue weighted by atomic mass is 10.2. The number of halogens is 2. The largest absolute Gasteiger partial charge is 0.490 e. The number of hydrogen-bond acceptors (Lipinski definition) is 3. The number of ether oxygens (including phenoxy) is 2. The van der Waals surface area contributed by atoms with Crippen LogP contribution >= 0.6 is 0 Å². The van der Waals surface area contributed by atoms with E-state index in [2.05, 4.69) is 24.9 Å². The molecule has 0 radical (unpaired) electrons. The van der Waals surface area contributed by atoms with E-state index in [1.165, 1.54) is 6.07 Å². The highest BCUT2D eigenvalue weighted by atomic mass is 19.3. The van der Waals surface area contributed by atoms with E-state index < -0.39 is 6.61 Å². The molecule has 148 valence electrons. The first kappa shape index (κ1) is 20.5. The molecule has 0 amide bonds. The van der Waals surface area contributed by atoms with E-state index in [1.807, 2.05) is 31.5 Å². The van der Waals surface area contributed by atoms with Gasteiger partial charge in [0, 0.05) is 32.0 Å². The predicted molar refractivity (Wildman–Crippen MR) is 101 cm³/mol. The number of alkyl halides is 2. The summed E-state index contributed by atoms with van der Waals surface area (Å²) in [6, 6.07) is 8.82. The molecule has 0 saturated carbocycles. The summed E-state index contributed by atoms with van der Waals surface area (Å²) in [6.45, 7) is 3.92. The van der Waals surface area contributed by atoms with Crippen molar-refractivity contribution in [2.24, 2.45) is 4.99 Å². The Morgan fingerprint density at radius 2 is 1.93 bits per heavy atom. The first-order valence-corrected chi connectivity index (χ1v) is 8.95. The van der Waals surface area contributed by atoms with E-state index in [9.17, 15) is 8.78 Å². The summed E-state index contributed by atoms with van der Waals surface area (Å²) in [5.74, 6) is 1.00. The average Bonchev–Trinajstić information content (AvgIpc) is 3.15. The van der Waals surface area contributed by atoms with Gasteiger partial charge in [-0.05, 0) is 43.7 Å². The van der Waals surface area contributed by atoms with Crippen molar-refractivity contribution in [2.75, 3.05) is 19.7 Å². The van der Waals surface area contributed by atoms with Crippen molar-refractivity contribution in [1.82, 2.24) is 15.2 Å². The molecule has 8 heteroatoms. The number of hydrogen-bond donors (Lipinski definition) is 2. The number of benzene rings is 1. The van der Waals surface area contributed by atoms with Crippen LogP contribution in [0.4, 0.5) is 8.78 Å². The minimum atomic E-state index is -2.89. The van der Waals surface area contributed by atoms with Gasteiger partial charge in [0.15, 0.2) is 17.5 Å². The zero-order valence-corrected chi connectivity index (χ0v) is 15.6. The van der Waals surface area contributed by atoms with Gasteiger partial charge in [-0.15, -0.1) is 0 Å². The normalized spacial score (nSPS) is 11.5. The summed E-state index contributed by atoms with van der Waals surface area (Å²) in [5, 5.41) is 6.45. The molecule has 2 rings (SSSR count). The zero-order chi connectivity index (χ0) is 19.5. The molecule has 0 saturated heterocycles. The molecule has 0 unspecified atom stereocenters. The van der Waals surface area contributed by atoms with Crippen LogP contribution in [-0.2, 0) is 13.1 Å². The van der Waals surface area contributed by atoms with E-state index in [0.29, 0.717) is 19.1 Å². The Hall–Kier alpha value is -2.77. The fourth-order valence-corrected chi connectivity index (χ4v) is 2.45. The third kappa shape index (κ3) is 7.16. The Balaban J connectivity index is 1.99. The molecule has 2 N–H and O–H groups in total. The lowest BCUT2D eigenvalue weighted by Crippen LogP contribution is -2.38. The minimum absolute atomic E-state index is 0.0244. The van der Waals surface area contributed by atoms with Gasteiger partial charge in [0.1, 0.15) is 0 Å². The van der Waals surface area contributed by atoms with Gasteiger partial charge in [-0.25, -0.2) is 4.99 Å². The Morgan fingerprint density at radius 1 is 1.15 bits per heavy atom. The smallest absolute Gasteiger partial charge is 0.387 e. The molecule has 1 heterocycles. The lowest BCUT2D eigenvalue weighted by Gasteiger charge is -2.13. The van der Waals surface area contributed by atoms with Crippen LogP contribution < -0.4 is 20.1 Å². The number of guanidine groups is 1. The Bertz CT molecular complexity index is 706. The first-order valence-electron chi connectivity index (χ1n) is 8.95. The number of nitrogens with one attached hydrogen (secondary N) is 2. The molecule has 6 nitrogen and oxygen atoms in total. The molecule has 0 aliphatic rings. The summed E-state index contributed by atoms with van der Waals surface area (Å²) < 4.78 is 36.9. The van der Waals surface area contributed by atoms with Crippen LogP contribution in [0.15, 0.2) is 47.7 Å². The third-order valence-corrected chi connectivity index (χ3v) is 3.62. The van der Waals surface area contributed by atoms with E-state index in [4.69, 9.17) is 4.74 Å². The van der Waals surface area contributed by atoms with Gasteiger partial charge in [-0.1, -0.05) is 6.07 Å². The van der Waals surface area contributed by atoms with E-state index in [1.54, 1.807) is 19.1 Å². The predicted octanol–water partition coefficient (Wildman–Crippen LogP) is 3.24. The van der Waals surface area contributed by atoms with Crippen LogP contribution in [0.5, 0.6) is 11.5 Å². The highest BCUT2D eigenvalue weighted by Gasteiger charge is 2.11. The van der Waals surface area contributed by atoms with Crippen molar-refractivity contribution >= 4 is 5.96 Å². The first-order chi connectivity index (χ1) is 13.1. The van der Waals surface area contributed by atoms with E-state index in [-0.39, 0.29) is 11.5 Å². The lowest BCUT2D eigenvalue weighted by molar-refractivity contribution is -0.0514. The summed E-state index contributed by atoms with van der Waals surface area (Å²) in [4.78, 5) is 4.54. The molecule has 27 heavy (non-hydrogen) atoms. The molecule has 0 bridgehead atoms. The number of aliphatic imine (C=N–C) groups is 1. The second kappa shape index (κ2) is 11.1. The monoisotopic (exact) mass is 380 g/mol. The molecule has 0 fully saturated rings. The summed E-state index contributed by atoms with van der Waals surface area (Å²) >= 11 is 0. The maximum Gasteiger partial charge on any atom is 0.387 e. The Kier molecular flexibility index (Phi) is 8.41. The number of rotatable bonds is 10. The van der Waals surface area contributed by atoms with Crippen LogP contribution in [0.3, 0.4) is 0 Å². The fourth-order valence-electron chi connectivity index (χ4n) is 2.45. The molecule has 0 spiro atoms. The third-order valence-electron chi connectivity index (χ3n) is 3.62. The van der Waals surface area contributed by atoms with Crippen molar-refractivity contribution in [3.63, 3.8) is 0 Å². The average molecular weight is 380 g/mol. The second-order valence-corrected chi connectivity index (χ2v) is 5.64. The van der Waals surface area contributed by atoms with Crippen molar-refractivity contribution in [3.8, 4) is 11.5 Å². The molecular formula is C19H26F2N4O2. The van der Waals surface area contributed by atoms with Crippen molar-refractivity contribution < 1.29 is 18.3 Å². The molecule has 0 atom stereocenters. The van der Waals surface area contributed by atoms with Gasteiger partial charge < -0.3 is 24.7 Å². The zero-order valence-electron chi connectivity index (χ0n) is 15.6. The highest BCUT2D eigenvalue weighted by Crippen LogP contribution is 2.30. The summed E-state index contributed by atoms with van der Waals surface area (Å²) in [5.41, 5.74) is 0.836. The second-order valence-electron chi connectivity index (χ2n) is 5.64. The van der Waals surface area contributed by atoms with Gasteiger partial charge in [0.2, 0.25) is 0 Å². The topological polar surface area (TPSA) is 59.8 Å². The highest BCUT2D eigenvalue weighted by molar-refractivity contribution is 5.79. The van der Waals surface area contributed by atoms with Gasteiger partial charge in [0.05, 0.1) is 13.2 Å².